The monoisotopic (exact) mass is 493 g/mol. The zero-order chi connectivity index (χ0) is 24.7. The van der Waals surface area contributed by atoms with Crippen molar-refractivity contribution in [2.75, 3.05) is 13.1 Å². The van der Waals surface area contributed by atoms with Gasteiger partial charge in [0, 0.05) is 13.1 Å². The van der Waals surface area contributed by atoms with Gasteiger partial charge in [-0.25, -0.2) is 8.78 Å². The van der Waals surface area contributed by atoms with Crippen LogP contribution in [0.25, 0.3) is 0 Å². The standard InChI is InChI=1S/C29H29F2NO4/c30-22-8-11-24-20(14-22)6-10-26(34-24)27-17-32(16-19-4-2-1-3-5-19)18-29(33,36-27)28-13-7-21-15-23(31)9-12-25(21)35-28/h1-5,8-9,11-12,14-15,26-28,33H,6-7,10,13,16-18H2/t26-,27?,28-,29?/m1/s1. The van der Waals surface area contributed by atoms with Crippen LogP contribution in [-0.4, -0.2) is 47.2 Å². The van der Waals surface area contributed by atoms with Crippen molar-refractivity contribution in [3.63, 3.8) is 0 Å². The molecule has 188 valence electrons. The van der Waals surface area contributed by atoms with Crippen molar-refractivity contribution >= 4 is 0 Å². The number of β-amino-alcohol motifs (C(OH)–C–C–N with tert-alkyl or cyclic N) is 1. The Labute approximate surface area is 209 Å². The zero-order valence-electron chi connectivity index (χ0n) is 19.9. The molecule has 0 amide bonds. The highest BCUT2D eigenvalue weighted by molar-refractivity contribution is 5.37. The number of morpholine rings is 1. The average Bonchev–Trinajstić information content (AvgIpc) is 2.88. The Morgan fingerprint density at radius 1 is 0.833 bits per heavy atom. The number of hydrogen-bond acceptors (Lipinski definition) is 5. The van der Waals surface area contributed by atoms with Crippen LogP contribution in [-0.2, 0) is 24.1 Å². The Morgan fingerprint density at radius 3 is 2.22 bits per heavy atom. The van der Waals surface area contributed by atoms with Gasteiger partial charge in [0.1, 0.15) is 35.3 Å². The van der Waals surface area contributed by atoms with E-state index in [9.17, 15) is 13.9 Å². The van der Waals surface area contributed by atoms with Gasteiger partial charge in [-0.2, -0.15) is 0 Å². The van der Waals surface area contributed by atoms with Crippen molar-refractivity contribution in [1.82, 2.24) is 4.90 Å². The third-order valence-corrected chi connectivity index (χ3v) is 7.38. The zero-order valence-corrected chi connectivity index (χ0v) is 19.9. The Hall–Kier alpha value is -3.00. The van der Waals surface area contributed by atoms with E-state index in [1.807, 2.05) is 18.2 Å². The SMILES string of the molecule is OC1([C@H]2CCc3cc(F)ccc3O2)CN(Cc2ccccc2)CC([C@H]2CCc3cc(F)ccc3O2)O1. The molecular formula is C29H29F2NO4. The van der Waals surface area contributed by atoms with Crippen LogP contribution in [0, 0.1) is 11.6 Å². The molecule has 2 unspecified atom stereocenters. The highest BCUT2D eigenvalue weighted by atomic mass is 19.1. The summed E-state index contributed by atoms with van der Waals surface area (Å²) in [5, 5.41) is 11.9. The number of ether oxygens (including phenoxy) is 3. The summed E-state index contributed by atoms with van der Waals surface area (Å²) in [6.45, 7) is 1.49. The third-order valence-electron chi connectivity index (χ3n) is 7.38. The quantitative estimate of drug-likeness (QED) is 0.574. The van der Waals surface area contributed by atoms with Gasteiger partial charge >= 0.3 is 0 Å². The molecule has 3 aliphatic rings. The number of aryl methyl sites for hydroxylation is 2. The molecule has 0 saturated carbocycles. The van der Waals surface area contributed by atoms with E-state index in [0.717, 1.165) is 16.7 Å². The summed E-state index contributed by atoms with van der Waals surface area (Å²) in [7, 11) is 0. The van der Waals surface area contributed by atoms with Gasteiger partial charge in [0.25, 0.3) is 0 Å². The van der Waals surface area contributed by atoms with Gasteiger partial charge in [0.2, 0.25) is 5.79 Å². The lowest BCUT2D eigenvalue weighted by Gasteiger charge is -2.49. The predicted molar refractivity (Wildman–Crippen MR) is 130 cm³/mol. The summed E-state index contributed by atoms with van der Waals surface area (Å²) in [5.74, 6) is -0.915. The van der Waals surface area contributed by atoms with Gasteiger partial charge in [0.15, 0.2) is 6.10 Å². The second-order valence-electron chi connectivity index (χ2n) is 10.0. The minimum atomic E-state index is -1.57. The van der Waals surface area contributed by atoms with Gasteiger partial charge in [-0.1, -0.05) is 30.3 Å². The summed E-state index contributed by atoms with van der Waals surface area (Å²) < 4.78 is 46.2. The summed E-state index contributed by atoms with van der Waals surface area (Å²) in [6, 6.07) is 19.1. The molecule has 5 nitrogen and oxygen atoms in total. The first-order chi connectivity index (χ1) is 17.4. The molecule has 0 spiro atoms. The fraction of sp³-hybridized carbons (Fsp3) is 0.379. The van der Waals surface area contributed by atoms with E-state index in [4.69, 9.17) is 14.2 Å². The summed E-state index contributed by atoms with van der Waals surface area (Å²) in [6.07, 6.45) is 1.11. The van der Waals surface area contributed by atoms with Crippen LogP contribution in [0.2, 0.25) is 0 Å². The molecular weight excluding hydrogens is 464 g/mol. The molecule has 7 heteroatoms. The number of hydrogen-bond donors (Lipinski definition) is 1. The first-order valence-corrected chi connectivity index (χ1v) is 12.5. The fourth-order valence-electron chi connectivity index (χ4n) is 5.62. The van der Waals surface area contributed by atoms with Crippen LogP contribution < -0.4 is 9.47 Å². The Kier molecular flexibility index (Phi) is 6.15. The molecule has 6 rings (SSSR count). The number of benzene rings is 3. The smallest absolute Gasteiger partial charge is 0.217 e. The van der Waals surface area contributed by atoms with Crippen LogP contribution in [0.5, 0.6) is 11.5 Å². The summed E-state index contributed by atoms with van der Waals surface area (Å²) >= 11 is 0. The van der Waals surface area contributed by atoms with Gasteiger partial charge in [-0.05, 0) is 78.8 Å². The molecule has 0 aromatic heterocycles. The lowest BCUT2D eigenvalue weighted by atomic mass is 9.93. The largest absolute Gasteiger partial charge is 0.487 e. The van der Waals surface area contributed by atoms with Crippen LogP contribution in [0.1, 0.15) is 29.5 Å². The van der Waals surface area contributed by atoms with Crippen molar-refractivity contribution in [3.8, 4) is 11.5 Å². The first-order valence-electron chi connectivity index (χ1n) is 12.5. The van der Waals surface area contributed by atoms with Crippen molar-refractivity contribution < 1.29 is 28.1 Å². The van der Waals surface area contributed by atoms with E-state index in [-0.39, 0.29) is 24.3 Å². The van der Waals surface area contributed by atoms with Gasteiger partial charge in [0.05, 0.1) is 6.54 Å². The molecule has 3 heterocycles. The van der Waals surface area contributed by atoms with Crippen LogP contribution >= 0.6 is 0 Å². The molecule has 4 atom stereocenters. The van der Waals surface area contributed by atoms with E-state index >= 15 is 0 Å². The molecule has 1 N–H and O–H groups in total. The van der Waals surface area contributed by atoms with E-state index in [0.29, 0.717) is 50.3 Å². The van der Waals surface area contributed by atoms with Gasteiger partial charge < -0.3 is 19.3 Å². The number of nitrogens with zero attached hydrogens (tertiary/aromatic N) is 1. The van der Waals surface area contributed by atoms with Gasteiger partial charge in [-0.15, -0.1) is 0 Å². The second-order valence-corrected chi connectivity index (χ2v) is 10.0. The van der Waals surface area contributed by atoms with E-state index < -0.39 is 18.0 Å². The number of halogens is 2. The van der Waals surface area contributed by atoms with E-state index in [2.05, 4.69) is 17.0 Å². The molecule has 1 saturated heterocycles. The maximum atomic E-state index is 13.7. The topological polar surface area (TPSA) is 51.2 Å². The molecule has 0 aliphatic carbocycles. The van der Waals surface area contributed by atoms with Crippen LogP contribution in [0.3, 0.4) is 0 Å². The van der Waals surface area contributed by atoms with Crippen molar-refractivity contribution in [1.29, 1.82) is 0 Å². The van der Waals surface area contributed by atoms with Crippen molar-refractivity contribution in [2.24, 2.45) is 0 Å². The number of rotatable bonds is 4. The highest BCUT2D eigenvalue weighted by Gasteiger charge is 2.50. The molecule has 3 aliphatic heterocycles. The summed E-state index contributed by atoms with van der Waals surface area (Å²) in [4.78, 5) is 2.18. The summed E-state index contributed by atoms with van der Waals surface area (Å²) in [5.41, 5.74) is 2.77. The predicted octanol–water partition coefficient (Wildman–Crippen LogP) is 4.64. The molecule has 3 aromatic rings. The highest BCUT2D eigenvalue weighted by Crippen LogP contribution is 2.38. The minimum Gasteiger partial charge on any atom is -0.487 e. The van der Waals surface area contributed by atoms with Crippen molar-refractivity contribution in [3.05, 3.63) is 95.1 Å². The minimum absolute atomic E-state index is 0.272. The van der Waals surface area contributed by atoms with Gasteiger partial charge in [-0.3, -0.25) is 4.90 Å². The normalized spacial score (nSPS) is 27.9. The maximum Gasteiger partial charge on any atom is 0.217 e. The first kappa shape index (κ1) is 23.4. The fourth-order valence-corrected chi connectivity index (χ4v) is 5.62. The van der Waals surface area contributed by atoms with Crippen molar-refractivity contribution in [2.45, 2.75) is 56.3 Å². The van der Waals surface area contributed by atoms with Crippen LogP contribution in [0.15, 0.2) is 66.7 Å². The Morgan fingerprint density at radius 2 is 1.50 bits per heavy atom. The molecule has 3 aromatic carbocycles. The average molecular weight is 494 g/mol. The lowest BCUT2D eigenvalue weighted by molar-refractivity contribution is -0.315. The van der Waals surface area contributed by atoms with E-state index in [1.165, 1.54) is 24.3 Å². The Bertz CT molecular complexity index is 1240. The number of aliphatic hydroxyl groups is 1. The molecule has 36 heavy (non-hydrogen) atoms. The molecule has 1 fully saturated rings. The molecule has 0 radical (unpaired) electrons. The molecule has 0 bridgehead atoms. The Balaban J connectivity index is 1.26. The maximum absolute atomic E-state index is 13.7. The number of fused-ring (bicyclic) bond motifs is 2. The second kappa shape index (κ2) is 9.47. The lowest BCUT2D eigenvalue weighted by Crippen LogP contribution is -2.65. The van der Waals surface area contributed by atoms with Crippen LogP contribution in [0.4, 0.5) is 8.78 Å². The van der Waals surface area contributed by atoms with E-state index in [1.54, 1.807) is 12.1 Å². The third kappa shape index (κ3) is 4.71.